The average molecular weight is 1670 g/mol. The van der Waals surface area contributed by atoms with Gasteiger partial charge in [0.2, 0.25) is 12.1 Å². The summed E-state index contributed by atoms with van der Waals surface area (Å²) in [5, 5.41) is 119. The van der Waals surface area contributed by atoms with E-state index in [1.54, 1.807) is 0 Å². The average Bonchev–Trinajstić information content (AvgIpc) is 0.781. The smallest absolute Gasteiger partial charge is 0.335 e. The third-order valence-electron chi connectivity index (χ3n) is 20.0. The van der Waals surface area contributed by atoms with Crippen LogP contribution in [0.5, 0.6) is 23.0 Å². The maximum Gasteiger partial charge on any atom is 0.335 e. The summed E-state index contributed by atoms with van der Waals surface area (Å²) < 4.78 is 91.6. The molecule has 3 aliphatic heterocycles. The van der Waals surface area contributed by atoms with Gasteiger partial charge in [-0.15, -0.1) is 5.10 Å². The highest BCUT2D eigenvalue weighted by molar-refractivity contribution is 6.31. The van der Waals surface area contributed by atoms with E-state index >= 15 is 0 Å². The minimum Gasteiger partial charge on any atom is -0.507 e. The zero-order valence-corrected chi connectivity index (χ0v) is 65.5. The first-order valence-electron chi connectivity index (χ1n) is 38.9. The van der Waals surface area contributed by atoms with Gasteiger partial charge in [-0.2, -0.15) is 0 Å². The van der Waals surface area contributed by atoms with Crippen LogP contribution < -0.4 is 9.47 Å². The van der Waals surface area contributed by atoms with Crippen LogP contribution in [0, 0.1) is 16.0 Å². The maximum atomic E-state index is 14.4. The van der Waals surface area contributed by atoms with Gasteiger partial charge in [0.25, 0.3) is 11.8 Å². The first kappa shape index (κ1) is 93.0. The molecule has 3 aromatic carbocycles. The Labute approximate surface area is 677 Å². The van der Waals surface area contributed by atoms with Crippen LogP contribution >= 0.6 is 0 Å². The van der Waals surface area contributed by atoms with E-state index in [0.717, 1.165) is 25.0 Å². The van der Waals surface area contributed by atoms with Crippen molar-refractivity contribution in [3.63, 3.8) is 0 Å². The maximum absolute atomic E-state index is 14.4. The summed E-state index contributed by atoms with van der Waals surface area (Å²) in [6.07, 6.45) is -12.7. The number of aliphatic hydroxyl groups is 6. The third kappa shape index (κ3) is 25.8. The number of carboxylic acid groups (broad SMARTS) is 1. The fourth-order valence-corrected chi connectivity index (χ4v) is 13.8. The summed E-state index contributed by atoms with van der Waals surface area (Å²) in [6.45, 7) is 7.80. The van der Waals surface area contributed by atoms with E-state index in [-0.39, 0.29) is 103 Å². The Balaban J connectivity index is 0.658. The zero-order chi connectivity index (χ0) is 84.8. The van der Waals surface area contributed by atoms with Crippen molar-refractivity contribution < 1.29 is 165 Å². The van der Waals surface area contributed by atoms with E-state index in [4.69, 9.17) is 75.8 Å². The van der Waals surface area contributed by atoms with Gasteiger partial charge < -0.3 is 122 Å². The van der Waals surface area contributed by atoms with E-state index in [1.807, 2.05) is 0 Å². The second-order valence-electron chi connectivity index (χ2n) is 28.2. The van der Waals surface area contributed by atoms with Crippen molar-refractivity contribution in [2.24, 2.45) is 5.92 Å². The number of phenols is 2. The number of carbonyl (C=O) groups excluding carboxylic acids is 7. The number of phenolic OH excluding ortho intramolecular Hbond substituents is 2. The number of Topliss-reactive ketones (excluding diaryl/α,β-unsaturated/α-hetero) is 2. The molecule has 650 valence electrons. The molecular weight excluding hydrogens is 1570 g/mol. The molecule has 4 heterocycles. The number of nitrogens with zero attached hydrogens (tertiary/aromatic N) is 5. The molecule has 0 bridgehead atoms. The van der Waals surface area contributed by atoms with Crippen molar-refractivity contribution in [3.8, 4) is 23.0 Å². The molecule has 9 rings (SSSR count). The number of aromatic hydroxyl groups is 2. The minimum absolute atomic E-state index is 0.0214. The number of aromatic nitrogens is 3. The Morgan fingerprint density at radius 3 is 1.80 bits per heavy atom. The first-order chi connectivity index (χ1) is 56.8. The Hall–Kier alpha value is -8.86. The molecule has 12 atom stereocenters. The molecule has 0 saturated carbocycles. The predicted molar refractivity (Wildman–Crippen MR) is 399 cm³/mol. The summed E-state index contributed by atoms with van der Waals surface area (Å²) in [7, 11) is 1.26. The number of ether oxygens (including phenoxy) is 16. The summed E-state index contributed by atoms with van der Waals surface area (Å²) in [4.78, 5) is 116. The lowest BCUT2D eigenvalue weighted by Crippen LogP contribution is -2.61. The molecule has 40 heteroatoms. The highest BCUT2D eigenvalue weighted by Crippen LogP contribution is 2.53. The molecule has 0 spiro atoms. The van der Waals surface area contributed by atoms with Crippen LogP contribution in [-0.4, -0.2) is 325 Å². The highest BCUT2D eigenvalue weighted by atomic mass is 16.7. The Morgan fingerprint density at radius 1 is 0.661 bits per heavy atom. The Morgan fingerprint density at radius 2 is 1.23 bits per heavy atom. The Kier molecular flexibility index (Phi) is 36.8. The number of carboxylic acids is 1. The van der Waals surface area contributed by atoms with Crippen molar-refractivity contribution in [1.29, 1.82) is 0 Å². The van der Waals surface area contributed by atoms with E-state index < -0.39 is 167 Å². The number of methoxy groups -OCH3 is 1. The lowest BCUT2D eigenvalue weighted by molar-refractivity contribution is -0.387. The minimum atomic E-state index is -2.51. The van der Waals surface area contributed by atoms with Gasteiger partial charge in [0.1, 0.15) is 59.7 Å². The largest absolute Gasteiger partial charge is 0.507 e. The van der Waals surface area contributed by atoms with E-state index in [9.17, 15) is 94.4 Å². The fourth-order valence-electron chi connectivity index (χ4n) is 13.8. The number of benzene rings is 3. The number of aliphatic carboxylic acids is 1. The molecule has 2 aliphatic carbocycles. The number of nitro benzene ring substituents is 1. The number of unbranched alkanes of at least 4 members (excludes halogenated alkanes) is 2. The number of aliphatic hydroxyl groups excluding tert-OH is 5. The molecule has 1 aromatic heterocycles. The van der Waals surface area contributed by atoms with Crippen molar-refractivity contribution in [2.45, 2.75) is 151 Å². The number of ketones is 4. The van der Waals surface area contributed by atoms with Gasteiger partial charge in [-0.3, -0.25) is 48.6 Å². The Bertz CT molecular complexity index is 4050. The van der Waals surface area contributed by atoms with Crippen LogP contribution in [0.1, 0.15) is 131 Å². The van der Waals surface area contributed by atoms with Gasteiger partial charge in [-0.25, -0.2) is 9.48 Å². The molecule has 40 nitrogen and oxygen atoms in total. The SMILES string of the molecule is COc1cccc2c1C(=O)c1c(O)c3c(c(O)c1C2=O)C[C@@](O)(C(=O)CO)C[C@@H]3O[C@H]1C[C@H](CC(=O)O[C@@H](Cc2cn(CCOCCOCCOCCOCCOCCOCCOCCOCCOCCOCCCC(=O)CCCCCN3C(=O)C=CC3=O)nn2)c2ccc(O[C@H]3O[C@@H](C(=O)O)[C@H](O)[C@@H](O)[C@@H]3O)c([N+](=O)[O-])c2)[C@H](O)[C@H](C)O1. The number of amides is 2. The van der Waals surface area contributed by atoms with Crippen LogP contribution in [0.4, 0.5) is 5.69 Å². The van der Waals surface area contributed by atoms with E-state index in [0.29, 0.717) is 138 Å². The molecule has 5 aliphatic rings. The molecular formula is C78H103N5O35. The van der Waals surface area contributed by atoms with E-state index in [2.05, 4.69) is 10.3 Å². The number of nitro groups is 1. The molecule has 2 amide bonds. The van der Waals surface area contributed by atoms with Gasteiger partial charge in [0, 0.05) is 98.7 Å². The van der Waals surface area contributed by atoms with Crippen molar-refractivity contribution >= 4 is 52.6 Å². The van der Waals surface area contributed by atoms with Gasteiger partial charge in [0.05, 0.1) is 191 Å². The van der Waals surface area contributed by atoms with Crippen LogP contribution in [0.25, 0.3) is 0 Å². The molecule has 2 saturated heterocycles. The van der Waals surface area contributed by atoms with Crippen LogP contribution in [0.2, 0.25) is 0 Å². The quantitative estimate of drug-likeness (QED) is 0.00654. The predicted octanol–water partition coefficient (Wildman–Crippen LogP) is 0.979. The van der Waals surface area contributed by atoms with Gasteiger partial charge in [-0.1, -0.05) is 29.8 Å². The third-order valence-corrected chi connectivity index (χ3v) is 20.0. The number of hydrogen-bond acceptors (Lipinski definition) is 36. The standard InChI is InChI=1S/C78H103N5O35/c1-46-67(90)48(40-62(114-46)116-57-43-78(100,58(86)45-84)42-52-64(57)71(94)66-65(69(52)92)68(91)51-10-6-11-55(103-2)63(51)70(66)93)39-61(89)115-56(47-12-13-54(53(38-47)83(101)102)117-77-74(97)72(95)73(96)75(118-77)76(98)99)41-49-44-81(80-79-49)17-19-105-21-23-107-25-27-109-29-31-111-33-35-113-37-36-112-34-32-110-30-28-108-26-24-106-22-20-104-18-7-9-50(85)8-4-3-5-16-82-59(87)14-15-60(82)88/h6,10-15,38,44,46,48,56-57,62,67,72-75,77,84,90,92,94-97,100H,3-5,7-9,16-37,39-43,45H2,1-2H3,(H,98,99)/t46-,48-,56-,57-,62-,67+,72+,73+,74-,75+,77-,78-/m0/s1. The number of imide groups is 1. The van der Waals surface area contributed by atoms with Crippen LogP contribution in [0.3, 0.4) is 0 Å². The fraction of sp³-hybridized carbons (Fsp3) is 0.615. The molecule has 2 fully saturated rings. The van der Waals surface area contributed by atoms with E-state index in [1.165, 1.54) is 66.2 Å². The van der Waals surface area contributed by atoms with Gasteiger partial charge in [-0.05, 0) is 43.9 Å². The molecule has 9 N–H and O–H groups in total. The number of fused-ring (bicyclic) bond motifs is 3. The summed E-state index contributed by atoms with van der Waals surface area (Å²) in [6, 6.07) is 7.37. The number of rotatable bonds is 55. The normalized spacial score (nSPS) is 22.5. The van der Waals surface area contributed by atoms with Crippen LogP contribution in [0.15, 0.2) is 54.7 Å². The first-order valence-corrected chi connectivity index (χ1v) is 38.9. The monoisotopic (exact) mass is 1670 g/mol. The molecule has 0 unspecified atom stereocenters. The van der Waals surface area contributed by atoms with Gasteiger partial charge in [0.15, 0.2) is 29.7 Å². The van der Waals surface area contributed by atoms with Gasteiger partial charge >= 0.3 is 17.6 Å². The highest BCUT2D eigenvalue weighted by Gasteiger charge is 2.52. The lowest BCUT2D eigenvalue weighted by Gasteiger charge is -2.42. The topological polar surface area (TPSA) is 543 Å². The summed E-state index contributed by atoms with van der Waals surface area (Å²) >= 11 is 0. The number of esters is 1. The molecule has 118 heavy (non-hydrogen) atoms. The van der Waals surface area contributed by atoms with Crippen molar-refractivity contribution in [3.05, 3.63) is 109 Å². The summed E-state index contributed by atoms with van der Waals surface area (Å²) in [5.41, 5.74) is -5.53. The number of carbonyl (C=O) groups is 8. The molecule has 4 aromatic rings. The molecule has 0 radical (unpaired) electrons. The number of hydrogen-bond donors (Lipinski definition) is 9. The van der Waals surface area contributed by atoms with Crippen molar-refractivity contribution in [1.82, 2.24) is 19.9 Å². The van der Waals surface area contributed by atoms with Crippen molar-refractivity contribution in [2.75, 3.05) is 152 Å². The second kappa shape index (κ2) is 46.6. The van der Waals surface area contributed by atoms with Crippen LogP contribution in [-0.2, 0) is 114 Å². The summed E-state index contributed by atoms with van der Waals surface area (Å²) in [5.74, 6) is -9.56. The lowest BCUT2D eigenvalue weighted by atomic mass is 9.72. The second-order valence-corrected chi connectivity index (χ2v) is 28.2. The zero-order valence-electron chi connectivity index (χ0n) is 65.5.